The molecule has 1 atom stereocenters. The highest BCUT2D eigenvalue weighted by atomic mass is 16.6. The zero-order valence-electron chi connectivity index (χ0n) is 20.8. The number of rotatable bonds is 12. The highest BCUT2D eigenvalue weighted by Crippen LogP contribution is 2.09. The summed E-state index contributed by atoms with van der Waals surface area (Å²) in [7, 11) is 0. The van der Waals surface area contributed by atoms with Crippen molar-refractivity contribution in [1.29, 1.82) is 0 Å². The molecule has 0 heterocycles. The summed E-state index contributed by atoms with van der Waals surface area (Å²) >= 11 is 0. The van der Waals surface area contributed by atoms with E-state index in [0.717, 1.165) is 11.1 Å². The van der Waals surface area contributed by atoms with E-state index in [-0.39, 0.29) is 12.5 Å². The Bertz CT molecular complexity index is 913. The second-order valence-electron chi connectivity index (χ2n) is 9.21. The van der Waals surface area contributed by atoms with Crippen molar-refractivity contribution < 1.29 is 23.9 Å². The first kappa shape index (κ1) is 27.7. The molecule has 0 aromatic heterocycles. The number of nitrogens with one attached hydrogen (secondary N) is 3. The molecular formula is C27H37N3O5. The molecule has 0 fully saturated rings. The molecule has 2 aromatic carbocycles. The second-order valence-corrected chi connectivity index (χ2v) is 9.21. The van der Waals surface area contributed by atoms with Crippen LogP contribution in [0.25, 0.3) is 0 Å². The summed E-state index contributed by atoms with van der Waals surface area (Å²) in [6.45, 7) is 6.38. The predicted molar refractivity (Wildman–Crippen MR) is 135 cm³/mol. The number of benzene rings is 2. The zero-order chi connectivity index (χ0) is 25.5. The molecule has 0 spiro atoms. The minimum absolute atomic E-state index is 0.206. The van der Waals surface area contributed by atoms with E-state index in [4.69, 9.17) is 9.47 Å². The summed E-state index contributed by atoms with van der Waals surface area (Å²) in [5.41, 5.74) is 1.37. The topological polar surface area (TPSA) is 106 Å². The first-order valence-electron chi connectivity index (χ1n) is 12.0. The van der Waals surface area contributed by atoms with Crippen LogP contribution in [0.15, 0.2) is 60.7 Å². The summed E-state index contributed by atoms with van der Waals surface area (Å²) in [5.74, 6) is -0.262. The van der Waals surface area contributed by atoms with Crippen LogP contribution in [0.2, 0.25) is 0 Å². The average Bonchev–Trinajstić information content (AvgIpc) is 2.82. The van der Waals surface area contributed by atoms with Gasteiger partial charge in [0.1, 0.15) is 18.2 Å². The molecule has 2 aromatic rings. The molecule has 35 heavy (non-hydrogen) atoms. The highest BCUT2D eigenvalue weighted by Gasteiger charge is 2.24. The molecule has 3 N–H and O–H groups in total. The van der Waals surface area contributed by atoms with Gasteiger partial charge in [0.2, 0.25) is 5.91 Å². The Morgan fingerprint density at radius 1 is 0.800 bits per heavy atom. The third-order valence-electron chi connectivity index (χ3n) is 4.96. The molecule has 8 heteroatoms. The van der Waals surface area contributed by atoms with Gasteiger partial charge in [0.05, 0.1) is 0 Å². The van der Waals surface area contributed by atoms with Crippen LogP contribution >= 0.6 is 0 Å². The van der Waals surface area contributed by atoms with Crippen molar-refractivity contribution in [2.75, 3.05) is 13.1 Å². The van der Waals surface area contributed by atoms with Gasteiger partial charge < -0.3 is 25.4 Å². The summed E-state index contributed by atoms with van der Waals surface area (Å²) in [6.07, 6.45) is 1.23. The zero-order valence-corrected chi connectivity index (χ0v) is 20.8. The molecule has 0 saturated carbocycles. The van der Waals surface area contributed by atoms with Crippen LogP contribution in [0.1, 0.15) is 51.2 Å². The number of amides is 3. The fourth-order valence-electron chi connectivity index (χ4n) is 3.25. The van der Waals surface area contributed by atoms with E-state index in [1.807, 2.05) is 60.7 Å². The summed E-state index contributed by atoms with van der Waals surface area (Å²) in [5, 5.41) is 8.27. The molecule has 0 radical (unpaired) electrons. The van der Waals surface area contributed by atoms with Crippen molar-refractivity contribution in [3.05, 3.63) is 71.8 Å². The molecule has 0 unspecified atom stereocenters. The Balaban J connectivity index is 1.74. The minimum Gasteiger partial charge on any atom is -0.445 e. The fraction of sp³-hybridized carbons (Fsp3) is 0.444. The quantitative estimate of drug-likeness (QED) is 0.390. The van der Waals surface area contributed by atoms with Crippen LogP contribution < -0.4 is 16.0 Å². The number of hydrogen-bond acceptors (Lipinski definition) is 5. The van der Waals surface area contributed by atoms with Crippen molar-refractivity contribution in [3.8, 4) is 0 Å². The van der Waals surface area contributed by atoms with Gasteiger partial charge in [-0.2, -0.15) is 0 Å². The normalized spacial score (nSPS) is 11.7. The summed E-state index contributed by atoms with van der Waals surface area (Å²) in [6, 6.07) is 18.6. The third-order valence-corrected chi connectivity index (χ3v) is 4.96. The predicted octanol–water partition coefficient (Wildman–Crippen LogP) is 4.34. The Kier molecular flexibility index (Phi) is 11.6. The van der Waals surface area contributed by atoms with Crippen LogP contribution in [-0.4, -0.2) is 42.8 Å². The van der Waals surface area contributed by atoms with E-state index < -0.39 is 23.8 Å². The van der Waals surface area contributed by atoms with Gasteiger partial charge >= 0.3 is 12.2 Å². The molecule has 3 amide bonds. The molecule has 8 nitrogen and oxygen atoms in total. The Hall–Kier alpha value is -3.55. The largest absolute Gasteiger partial charge is 0.445 e. The highest BCUT2D eigenvalue weighted by molar-refractivity contribution is 5.85. The van der Waals surface area contributed by atoms with Gasteiger partial charge in [-0.25, -0.2) is 9.59 Å². The van der Waals surface area contributed by atoms with Gasteiger partial charge in [-0.15, -0.1) is 0 Å². The van der Waals surface area contributed by atoms with E-state index in [1.165, 1.54) is 0 Å². The van der Waals surface area contributed by atoms with Crippen molar-refractivity contribution in [1.82, 2.24) is 16.0 Å². The molecule has 0 saturated heterocycles. The maximum Gasteiger partial charge on any atom is 0.408 e. The first-order valence-corrected chi connectivity index (χ1v) is 12.0. The number of ether oxygens (including phenoxy) is 2. The van der Waals surface area contributed by atoms with Crippen LogP contribution in [0, 0.1) is 0 Å². The lowest BCUT2D eigenvalue weighted by Gasteiger charge is -2.23. The van der Waals surface area contributed by atoms with Gasteiger partial charge in [0.25, 0.3) is 0 Å². The lowest BCUT2D eigenvalue weighted by molar-refractivity contribution is -0.123. The van der Waals surface area contributed by atoms with Gasteiger partial charge in [-0.3, -0.25) is 4.79 Å². The molecular weight excluding hydrogens is 446 g/mol. The van der Waals surface area contributed by atoms with Crippen LogP contribution in [0.3, 0.4) is 0 Å². The second kappa shape index (κ2) is 14.7. The van der Waals surface area contributed by atoms with Crippen molar-refractivity contribution in [3.63, 3.8) is 0 Å². The van der Waals surface area contributed by atoms with E-state index in [0.29, 0.717) is 38.8 Å². The number of unbranched alkanes of at least 4 members (excludes halogenated alkanes) is 1. The lowest BCUT2D eigenvalue weighted by Crippen LogP contribution is -2.48. The van der Waals surface area contributed by atoms with Crippen LogP contribution in [-0.2, 0) is 27.3 Å². The molecule has 190 valence electrons. The van der Waals surface area contributed by atoms with E-state index in [2.05, 4.69) is 16.0 Å². The Morgan fingerprint density at radius 3 is 2.06 bits per heavy atom. The molecule has 0 aliphatic rings. The van der Waals surface area contributed by atoms with Gasteiger partial charge in [0, 0.05) is 13.1 Å². The van der Waals surface area contributed by atoms with Crippen molar-refractivity contribution in [2.24, 2.45) is 0 Å². The molecule has 0 bridgehead atoms. The average molecular weight is 484 g/mol. The van der Waals surface area contributed by atoms with Gasteiger partial charge in [-0.05, 0) is 57.6 Å². The molecule has 0 aliphatic heterocycles. The fourth-order valence-corrected chi connectivity index (χ4v) is 3.25. The molecule has 0 aliphatic carbocycles. The Labute approximate surface area is 207 Å². The lowest BCUT2D eigenvalue weighted by atomic mass is 10.1. The van der Waals surface area contributed by atoms with Gasteiger partial charge in [-0.1, -0.05) is 60.7 Å². The monoisotopic (exact) mass is 483 g/mol. The SMILES string of the molecule is CC(C)(C)OC(=O)N[C@@H](CCCCNC(=O)OCc1ccccc1)C(=O)NCCc1ccccc1. The summed E-state index contributed by atoms with van der Waals surface area (Å²) in [4.78, 5) is 36.9. The van der Waals surface area contributed by atoms with Crippen LogP contribution in [0.5, 0.6) is 0 Å². The van der Waals surface area contributed by atoms with Gasteiger partial charge in [0.15, 0.2) is 0 Å². The standard InChI is InChI=1S/C27H37N3O5/c1-27(2,3)35-26(33)30-23(24(31)28-19-17-21-12-6-4-7-13-21)16-10-11-18-29-25(32)34-20-22-14-8-5-9-15-22/h4-9,12-15,23H,10-11,16-20H2,1-3H3,(H,28,31)(H,29,32)(H,30,33)/t23-/m0/s1. The van der Waals surface area contributed by atoms with Crippen LogP contribution in [0.4, 0.5) is 9.59 Å². The maximum atomic E-state index is 12.8. The van der Waals surface area contributed by atoms with E-state index in [1.54, 1.807) is 20.8 Å². The summed E-state index contributed by atoms with van der Waals surface area (Å²) < 4.78 is 10.5. The first-order chi connectivity index (χ1) is 16.7. The maximum absolute atomic E-state index is 12.8. The van der Waals surface area contributed by atoms with E-state index >= 15 is 0 Å². The minimum atomic E-state index is -0.731. The van der Waals surface area contributed by atoms with E-state index in [9.17, 15) is 14.4 Å². The molecule has 2 rings (SSSR count). The number of carbonyl (C=O) groups is 3. The van der Waals surface area contributed by atoms with Crippen molar-refractivity contribution >= 4 is 18.1 Å². The number of hydrogen-bond donors (Lipinski definition) is 3. The Morgan fingerprint density at radius 2 is 1.43 bits per heavy atom. The number of alkyl carbamates (subject to hydrolysis) is 2. The number of carbonyl (C=O) groups excluding carboxylic acids is 3. The smallest absolute Gasteiger partial charge is 0.408 e. The van der Waals surface area contributed by atoms with Crippen molar-refractivity contribution in [2.45, 2.75) is 64.7 Å². The third kappa shape index (κ3) is 12.5.